The fourth-order valence-corrected chi connectivity index (χ4v) is 3.40. The number of hydrazone groups is 2. The van der Waals surface area contributed by atoms with Crippen LogP contribution in [0.15, 0.2) is 55.5 Å². The highest BCUT2D eigenvalue weighted by Gasteiger charge is 2.03. The van der Waals surface area contributed by atoms with Gasteiger partial charge in [-0.25, -0.2) is 10.9 Å². The van der Waals surface area contributed by atoms with Crippen molar-refractivity contribution in [2.24, 2.45) is 10.2 Å². The maximum atomic E-state index is 11.8. The summed E-state index contributed by atoms with van der Waals surface area (Å²) >= 11 is 6.61. The molecule has 0 atom stereocenters. The SMILES string of the molecule is O=C(CCCCCCC(=O)N/N=C\c1cc(Br)ccc1O)N/N=C\c1cc(Br)ccc1O. The van der Waals surface area contributed by atoms with Crippen LogP contribution >= 0.6 is 31.9 Å². The maximum Gasteiger partial charge on any atom is 0.240 e. The van der Waals surface area contributed by atoms with Gasteiger partial charge in [0.2, 0.25) is 11.8 Å². The summed E-state index contributed by atoms with van der Waals surface area (Å²) in [6, 6.07) is 9.86. The first-order valence-corrected chi connectivity index (χ1v) is 11.5. The van der Waals surface area contributed by atoms with E-state index < -0.39 is 0 Å². The third-order valence-electron chi connectivity index (χ3n) is 4.32. The van der Waals surface area contributed by atoms with Crippen LogP contribution in [0.2, 0.25) is 0 Å². The van der Waals surface area contributed by atoms with E-state index in [1.807, 2.05) is 0 Å². The van der Waals surface area contributed by atoms with Gasteiger partial charge in [0, 0.05) is 32.9 Å². The van der Waals surface area contributed by atoms with Crippen LogP contribution in [0, 0.1) is 0 Å². The Morgan fingerprint density at radius 3 is 1.56 bits per heavy atom. The van der Waals surface area contributed by atoms with Crippen molar-refractivity contribution in [1.29, 1.82) is 0 Å². The Balaban J connectivity index is 1.55. The molecule has 32 heavy (non-hydrogen) atoms. The number of amides is 2. The number of phenols is 2. The number of halogens is 2. The summed E-state index contributed by atoms with van der Waals surface area (Å²) < 4.78 is 1.60. The minimum atomic E-state index is -0.210. The number of hydrogen-bond donors (Lipinski definition) is 4. The number of aromatic hydroxyl groups is 2. The van der Waals surface area contributed by atoms with Crippen molar-refractivity contribution in [3.05, 3.63) is 56.5 Å². The molecule has 2 aromatic rings. The zero-order valence-corrected chi connectivity index (χ0v) is 20.4. The van der Waals surface area contributed by atoms with Crippen molar-refractivity contribution in [2.45, 2.75) is 38.5 Å². The van der Waals surface area contributed by atoms with Crippen LogP contribution in [-0.4, -0.2) is 34.5 Å². The molecule has 2 rings (SSSR count). The van der Waals surface area contributed by atoms with Crippen molar-refractivity contribution in [3.8, 4) is 11.5 Å². The topological polar surface area (TPSA) is 123 Å². The molecule has 0 saturated carbocycles. The molecule has 0 heterocycles. The number of hydrogen-bond acceptors (Lipinski definition) is 6. The molecule has 0 unspecified atom stereocenters. The highest BCUT2D eigenvalue weighted by Crippen LogP contribution is 2.20. The molecule has 8 nitrogen and oxygen atoms in total. The third kappa shape index (κ3) is 9.61. The van der Waals surface area contributed by atoms with E-state index in [0.717, 1.165) is 21.8 Å². The Hall–Kier alpha value is -2.72. The summed E-state index contributed by atoms with van der Waals surface area (Å²) in [5.41, 5.74) is 5.86. The van der Waals surface area contributed by atoms with Gasteiger partial charge in [0.05, 0.1) is 12.4 Å². The Bertz CT molecular complexity index is 916. The van der Waals surface area contributed by atoms with Crippen LogP contribution in [0.1, 0.15) is 49.7 Å². The molecule has 0 aliphatic rings. The van der Waals surface area contributed by atoms with Crippen LogP contribution in [-0.2, 0) is 9.59 Å². The molecule has 0 aromatic heterocycles. The smallest absolute Gasteiger partial charge is 0.240 e. The van der Waals surface area contributed by atoms with Gasteiger partial charge in [-0.3, -0.25) is 9.59 Å². The molecule has 2 amide bonds. The zero-order chi connectivity index (χ0) is 23.3. The van der Waals surface area contributed by atoms with Gasteiger partial charge in [-0.1, -0.05) is 44.7 Å². The van der Waals surface area contributed by atoms with Crippen LogP contribution in [0.25, 0.3) is 0 Å². The van der Waals surface area contributed by atoms with Crippen LogP contribution in [0.4, 0.5) is 0 Å². The minimum absolute atomic E-state index is 0.0761. The second kappa shape index (κ2) is 13.6. The number of rotatable bonds is 11. The summed E-state index contributed by atoms with van der Waals surface area (Å²) in [4.78, 5) is 23.6. The van der Waals surface area contributed by atoms with E-state index in [4.69, 9.17) is 0 Å². The van der Waals surface area contributed by atoms with Gasteiger partial charge in [0.15, 0.2) is 0 Å². The third-order valence-corrected chi connectivity index (χ3v) is 5.31. The summed E-state index contributed by atoms with van der Waals surface area (Å²) in [6.07, 6.45) is 6.42. The number of nitrogens with one attached hydrogen (secondary N) is 2. The van der Waals surface area contributed by atoms with Crippen molar-refractivity contribution < 1.29 is 19.8 Å². The molecule has 0 saturated heterocycles. The lowest BCUT2D eigenvalue weighted by Crippen LogP contribution is -2.17. The number of phenolic OH excluding ortho intramolecular Hbond substituents is 2. The second-order valence-corrected chi connectivity index (χ2v) is 8.74. The molecule has 0 aliphatic heterocycles. The molecule has 2 aromatic carbocycles. The first kappa shape index (κ1) is 25.5. The van der Waals surface area contributed by atoms with Gasteiger partial charge in [0.25, 0.3) is 0 Å². The van der Waals surface area contributed by atoms with E-state index in [1.165, 1.54) is 24.6 Å². The van der Waals surface area contributed by atoms with Gasteiger partial charge in [0.1, 0.15) is 11.5 Å². The Morgan fingerprint density at radius 1 is 0.750 bits per heavy atom. The van der Waals surface area contributed by atoms with Gasteiger partial charge in [-0.05, 0) is 49.2 Å². The standard InChI is InChI=1S/C22H24Br2N4O4/c23-17-7-9-19(29)15(11-17)13-25-27-21(31)5-3-1-2-4-6-22(32)28-26-14-16-12-18(24)8-10-20(16)30/h7-14,29-30H,1-6H2,(H,27,31)(H,28,32)/b25-13-,26-14-. The van der Waals surface area contributed by atoms with Gasteiger partial charge in [-0.15, -0.1) is 0 Å². The van der Waals surface area contributed by atoms with Crippen molar-refractivity contribution >= 4 is 56.1 Å². The predicted octanol–water partition coefficient (Wildman–Crippen LogP) is 4.56. The summed E-state index contributed by atoms with van der Waals surface area (Å²) in [6.45, 7) is 0. The normalized spacial score (nSPS) is 11.2. The molecule has 4 N–H and O–H groups in total. The quantitative estimate of drug-likeness (QED) is 0.180. The summed E-state index contributed by atoms with van der Waals surface area (Å²) in [5, 5.41) is 27.1. The molecule has 0 spiro atoms. The lowest BCUT2D eigenvalue weighted by molar-refractivity contribution is -0.122. The van der Waals surface area contributed by atoms with Gasteiger partial charge >= 0.3 is 0 Å². The molecule has 10 heteroatoms. The van der Waals surface area contributed by atoms with Crippen LogP contribution in [0.5, 0.6) is 11.5 Å². The molecular formula is C22H24Br2N4O4. The Kier molecular flexibility index (Phi) is 10.9. The van der Waals surface area contributed by atoms with Crippen LogP contribution in [0.3, 0.4) is 0 Å². The average molecular weight is 568 g/mol. The number of benzene rings is 2. The molecule has 0 radical (unpaired) electrons. The first-order valence-electron chi connectivity index (χ1n) is 9.96. The van der Waals surface area contributed by atoms with Crippen molar-refractivity contribution in [3.63, 3.8) is 0 Å². The molecular weight excluding hydrogens is 544 g/mol. The lowest BCUT2D eigenvalue weighted by atomic mass is 10.1. The highest BCUT2D eigenvalue weighted by atomic mass is 79.9. The number of unbranched alkanes of at least 4 members (excludes halogenated alkanes) is 3. The highest BCUT2D eigenvalue weighted by molar-refractivity contribution is 9.10. The largest absolute Gasteiger partial charge is 0.507 e. The molecule has 170 valence electrons. The van der Waals surface area contributed by atoms with E-state index in [9.17, 15) is 19.8 Å². The van der Waals surface area contributed by atoms with E-state index in [0.29, 0.717) is 36.8 Å². The van der Waals surface area contributed by atoms with E-state index in [2.05, 4.69) is 52.9 Å². The van der Waals surface area contributed by atoms with Gasteiger partial charge < -0.3 is 10.2 Å². The summed E-state index contributed by atoms with van der Waals surface area (Å²) in [7, 11) is 0. The van der Waals surface area contributed by atoms with E-state index in [-0.39, 0.29) is 23.3 Å². The Morgan fingerprint density at radius 2 is 1.16 bits per heavy atom. The predicted molar refractivity (Wildman–Crippen MR) is 131 cm³/mol. The number of carbonyl (C=O) groups excluding carboxylic acids is 2. The maximum absolute atomic E-state index is 11.8. The fraction of sp³-hybridized carbons (Fsp3) is 0.273. The monoisotopic (exact) mass is 566 g/mol. The zero-order valence-electron chi connectivity index (χ0n) is 17.2. The molecule has 0 fully saturated rings. The first-order chi connectivity index (χ1) is 15.3. The Labute approximate surface area is 203 Å². The average Bonchev–Trinajstić information content (AvgIpc) is 2.75. The second-order valence-electron chi connectivity index (χ2n) is 6.91. The van der Waals surface area contributed by atoms with Crippen molar-refractivity contribution in [2.75, 3.05) is 0 Å². The molecule has 0 aliphatic carbocycles. The van der Waals surface area contributed by atoms with Gasteiger partial charge in [-0.2, -0.15) is 10.2 Å². The van der Waals surface area contributed by atoms with Crippen molar-refractivity contribution in [1.82, 2.24) is 10.9 Å². The van der Waals surface area contributed by atoms with E-state index >= 15 is 0 Å². The van der Waals surface area contributed by atoms with E-state index in [1.54, 1.807) is 24.3 Å². The fourth-order valence-electron chi connectivity index (χ4n) is 2.64. The van der Waals surface area contributed by atoms with Crippen LogP contribution < -0.4 is 10.9 Å². The summed E-state index contributed by atoms with van der Waals surface area (Å²) in [5.74, 6) is -0.267. The minimum Gasteiger partial charge on any atom is -0.507 e. The lowest BCUT2D eigenvalue weighted by Gasteiger charge is -2.03. The molecule has 0 bridgehead atoms. The number of carbonyl (C=O) groups is 2. The number of nitrogens with zero attached hydrogens (tertiary/aromatic N) is 2.